The van der Waals surface area contributed by atoms with E-state index < -0.39 is 54.7 Å². The van der Waals surface area contributed by atoms with Crippen molar-refractivity contribution in [3.05, 3.63) is 0 Å². The van der Waals surface area contributed by atoms with Crippen LogP contribution in [0.5, 0.6) is 0 Å². The lowest BCUT2D eigenvalue weighted by Crippen LogP contribution is -2.69. The van der Waals surface area contributed by atoms with Gasteiger partial charge >= 0.3 is 0 Å². The standard InChI is InChI=1S/C21H43N5O7/c1-4-26-13-7-12(24)16(32-19-11(23)6-5-10(8-22)31-19)14(27)17(13)33-20-15(28)18(25-3)21(2,29)9-30-20/h10-20,25-29H,4-9,22-24H2,1-3H3/t10?,11?,12?,13?,14?,15?,16?,17?,18?,19?,20?,21-/m0/s1. The molecule has 11 unspecified atom stereocenters. The molecule has 0 spiro atoms. The quantitative estimate of drug-likeness (QED) is 0.173. The Labute approximate surface area is 195 Å². The second-order valence-electron chi connectivity index (χ2n) is 9.65. The van der Waals surface area contributed by atoms with Gasteiger partial charge in [-0.05, 0) is 39.8 Å². The van der Waals surface area contributed by atoms with Crippen molar-refractivity contribution in [3.8, 4) is 0 Å². The van der Waals surface area contributed by atoms with Gasteiger partial charge in [-0.1, -0.05) is 6.92 Å². The van der Waals surface area contributed by atoms with Crippen molar-refractivity contribution < 1.29 is 34.3 Å². The Morgan fingerprint density at radius 2 is 1.76 bits per heavy atom. The zero-order valence-corrected chi connectivity index (χ0v) is 19.8. The highest BCUT2D eigenvalue weighted by Gasteiger charge is 2.51. The van der Waals surface area contributed by atoms with E-state index in [0.717, 1.165) is 6.42 Å². The molecular weight excluding hydrogens is 434 g/mol. The number of likely N-dealkylation sites (N-methyl/N-ethyl adjacent to an activating group) is 2. The summed E-state index contributed by atoms with van der Waals surface area (Å²) in [7, 11) is 1.65. The molecule has 1 aliphatic carbocycles. The maximum absolute atomic E-state index is 11.3. The van der Waals surface area contributed by atoms with Crippen LogP contribution in [0.2, 0.25) is 0 Å². The third kappa shape index (κ3) is 6.02. The lowest BCUT2D eigenvalue weighted by Gasteiger charge is -2.49. The first kappa shape index (κ1) is 27.1. The summed E-state index contributed by atoms with van der Waals surface area (Å²) in [6.45, 7) is 4.47. The van der Waals surface area contributed by atoms with Crippen LogP contribution in [-0.2, 0) is 18.9 Å². The Hall–Kier alpha value is -0.480. The van der Waals surface area contributed by atoms with E-state index in [-0.39, 0.29) is 24.8 Å². The first-order chi connectivity index (χ1) is 15.6. The Morgan fingerprint density at radius 1 is 1.06 bits per heavy atom. The molecule has 0 aromatic carbocycles. The van der Waals surface area contributed by atoms with E-state index >= 15 is 0 Å². The normalized spacial score (nSPS) is 49.2. The number of rotatable bonds is 8. The van der Waals surface area contributed by atoms with Crippen molar-refractivity contribution in [3.63, 3.8) is 0 Å². The Morgan fingerprint density at radius 3 is 2.39 bits per heavy atom. The highest BCUT2D eigenvalue weighted by molar-refractivity contribution is 5.02. The van der Waals surface area contributed by atoms with E-state index in [4.69, 9.17) is 36.1 Å². The molecule has 0 aromatic rings. The van der Waals surface area contributed by atoms with E-state index in [9.17, 15) is 15.3 Å². The van der Waals surface area contributed by atoms with Crippen molar-refractivity contribution >= 4 is 0 Å². The van der Waals surface area contributed by atoms with Gasteiger partial charge in [-0.15, -0.1) is 0 Å². The van der Waals surface area contributed by atoms with Crippen LogP contribution in [0.4, 0.5) is 0 Å². The molecule has 0 aromatic heterocycles. The molecule has 0 bridgehead atoms. The molecule has 1 saturated carbocycles. The smallest absolute Gasteiger partial charge is 0.185 e. The monoisotopic (exact) mass is 477 g/mol. The Balaban J connectivity index is 1.74. The van der Waals surface area contributed by atoms with E-state index in [0.29, 0.717) is 25.9 Å². The zero-order chi connectivity index (χ0) is 24.3. The molecule has 12 heteroatoms. The van der Waals surface area contributed by atoms with Gasteiger partial charge in [-0.2, -0.15) is 0 Å². The van der Waals surface area contributed by atoms with Gasteiger partial charge in [0.1, 0.15) is 30.0 Å². The third-order valence-corrected chi connectivity index (χ3v) is 6.97. The fraction of sp³-hybridized carbons (Fsp3) is 1.00. The molecule has 2 aliphatic heterocycles. The number of nitrogens with two attached hydrogens (primary N) is 3. The molecule has 12 nitrogen and oxygen atoms in total. The van der Waals surface area contributed by atoms with E-state index in [1.54, 1.807) is 14.0 Å². The van der Waals surface area contributed by atoms with Gasteiger partial charge in [0.05, 0.1) is 24.8 Å². The van der Waals surface area contributed by atoms with Gasteiger partial charge in [-0.3, -0.25) is 0 Å². The summed E-state index contributed by atoms with van der Waals surface area (Å²) < 4.78 is 23.7. The topological polar surface area (TPSA) is 200 Å². The molecule has 33 heavy (non-hydrogen) atoms. The molecule has 0 amide bonds. The highest BCUT2D eigenvalue weighted by Crippen LogP contribution is 2.32. The van der Waals surface area contributed by atoms with Crippen LogP contribution in [0.15, 0.2) is 0 Å². The molecule has 194 valence electrons. The predicted octanol–water partition coefficient (Wildman–Crippen LogP) is -3.33. The van der Waals surface area contributed by atoms with Crippen molar-refractivity contribution in [1.29, 1.82) is 0 Å². The summed E-state index contributed by atoms with van der Waals surface area (Å²) in [5.74, 6) is 0. The molecule has 2 saturated heterocycles. The minimum atomic E-state index is -1.28. The zero-order valence-electron chi connectivity index (χ0n) is 19.8. The van der Waals surface area contributed by atoms with Crippen molar-refractivity contribution in [2.45, 2.75) is 106 Å². The molecule has 2 heterocycles. The number of ether oxygens (including phenoxy) is 4. The minimum Gasteiger partial charge on any atom is -0.388 e. The first-order valence-electron chi connectivity index (χ1n) is 11.9. The van der Waals surface area contributed by atoms with Crippen LogP contribution < -0.4 is 27.8 Å². The van der Waals surface area contributed by atoms with E-state index in [1.807, 2.05) is 6.92 Å². The molecule has 12 atom stereocenters. The number of nitrogens with one attached hydrogen (secondary N) is 2. The van der Waals surface area contributed by atoms with Crippen LogP contribution in [0.25, 0.3) is 0 Å². The largest absolute Gasteiger partial charge is 0.388 e. The van der Waals surface area contributed by atoms with Crippen molar-refractivity contribution in [2.75, 3.05) is 26.7 Å². The molecule has 3 aliphatic rings. The second kappa shape index (κ2) is 11.5. The lowest BCUT2D eigenvalue weighted by molar-refractivity contribution is -0.308. The third-order valence-electron chi connectivity index (χ3n) is 6.97. The Bertz CT molecular complexity index is 618. The van der Waals surface area contributed by atoms with E-state index in [1.165, 1.54) is 0 Å². The summed E-state index contributed by atoms with van der Waals surface area (Å²) in [6.07, 6.45) is -3.97. The van der Waals surface area contributed by atoms with Gasteiger partial charge in [0.2, 0.25) is 0 Å². The molecule has 3 fully saturated rings. The maximum atomic E-state index is 11.3. The van der Waals surface area contributed by atoms with Crippen LogP contribution >= 0.6 is 0 Å². The Kier molecular flexibility index (Phi) is 9.45. The highest BCUT2D eigenvalue weighted by atomic mass is 16.7. The van der Waals surface area contributed by atoms with Gasteiger partial charge in [0.25, 0.3) is 0 Å². The number of aliphatic hydroxyl groups is 3. The van der Waals surface area contributed by atoms with Crippen LogP contribution in [0.1, 0.15) is 33.1 Å². The van der Waals surface area contributed by atoms with Gasteiger partial charge in [0, 0.05) is 18.6 Å². The van der Waals surface area contributed by atoms with Gasteiger partial charge in [-0.25, -0.2) is 0 Å². The predicted molar refractivity (Wildman–Crippen MR) is 120 cm³/mol. The molecular formula is C21H43N5O7. The van der Waals surface area contributed by atoms with Gasteiger partial charge < -0.3 is 62.1 Å². The lowest BCUT2D eigenvalue weighted by atomic mass is 9.83. The van der Waals surface area contributed by atoms with Crippen LogP contribution in [0, 0.1) is 0 Å². The fourth-order valence-electron chi connectivity index (χ4n) is 5.11. The molecule has 11 N–H and O–H groups in total. The number of hydrogen-bond donors (Lipinski definition) is 8. The summed E-state index contributed by atoms with van der Waals surface area (Å²) in [5, 5.41) is 38.8. The second-order valence-corrected chi connectivity index (χ2v) is 9.65. The van der Waals surface area contributed by atoms with E-state index in [2.05, 4.69) is 10.6 Å². The van der Waals surface area contributed by atoms with Crippen molar-refractivity contribution in [1.82, 2.24) is 10.6 Å². The summed E-state index contributed by atoms with van der Waals surface area (Å²) in [6, 6.07) is -1.84. The minimum absolute atomic E-state index is 0.0421. The number of hydrogen-bond acceptors (Lipinski definition) is 12. The molecule has 0 radical (unpaired) electrons. The van der Waals surface area contributed by atoms with Crippen LogP contribution in [-0.4, -0.2) is 115 Å². The summed E-state index contributed by atoms with van der Waals surface area (Å²) >= 11 is 0. The maximum Gasteiger partial charge on any atom is 0.185 e. The SMILES string of the molecule is CCNC1CC(N)C(OC2OC(CN)CCC2N)C(O)C1OC1OC[C@](C)(O)C(NC)C1O. The molecule has 3 rings (SSSR count). The van der Waals surface area contributed by atoms with Crippen LogP contribution in [0.3, 0.4) is 0 Å². The average Bonchev–Trinajstić information content (AvgIpc) is 2.76. The first-order valence-corrected chi connectivity index (χ1v) is 11.9. The summed E-state index contributed by atoms with van der Waals surface area (Å²) in [4.78, 5) is 0. The van der Waals surface area contributed by atoms with Crippen molar-refractivity contribution in [2.24, 2.45) is 17.2 Å². The van der Waals surface area contributed by atoms with Gasteiger partial charge in [0.15, 0.2) is 12.6 Å². The fourth-order valence-corrected chi connectivity index (χ4v) is 5.11. The average molecular weight is 478 g/mol. The number of aliphatic hydroxyl groups excluding tert-OH is 2. The summed E-state index contributed by atoms with van der Waals surface area (Å²) in [5.41, 5.74) is 17.1.